The molecule has 0 radical (unpaired) electrons. The van der Waals surface area contributed by atoms with E-state index in [4.69, 9.17) is 14.2 Å². The molecule has 1 fully saturated rings. The van der Waals surface area contributed by atoms with E-state index in [1.54, 1.807) is 27.4 Å². The van der Waals surface area contributed by atoms with Gasteiger partial charge in [0.2, 0.25) is 0 Å². The molecule has 1 aliphatic heterocycles. The maximum Gasteiger partial charge on any atom is 0.258 e. The van der Waals surface area contributed by atoms with E-state index < -0.39 is 6.04 Å². The van der Waals surface area contributed by atoms with Crippen LogP contribution in [0, 0.1) is 0 Å². The number of benzene rings is 2. The number of hydrazine groups is 1. The number of hydrogen-bond donors (Lipinski definition) is 3. The predicted molar refractivity (Wildman–Crippen MR) is 106 cm³/mol. The van der Waals surface area contributed by atoms with Crippen molar-refractivity contribution in [2.45, 2.75) is 18.5 Å². The highest BCUT2D eigenvalue weighted by molar-refractivity contribution is 5.87. The third-order valence-corrected chi connectivity index (χ3v) is 4.55. The van der Waals surface area contributed by atoms with Crippen molar-refractivity contribution in [2.24, 2.45) is 5.10 Å². The van der Waals surface area contributed by atoms with Gasteiger partial charge in [-0.25, -0.2) is 16.3 Å². The van der Waals surface area contributed by atoms with E-state index in [0.29, 0.717) is 23.5 Å². The average molecular weight is 384 g/mol. The summed E-state index contributed by atoms with van der Waals surface area (Å²) in [6, 6.07) is 12.8. The maximum absolute atomic E-state index is 12.4. The van der Waals surface area contributed by atoms with E-state index in [1.165, 1.54) is 6.21 Å². The van der Waals surface area contributed by atoms with Crippen LogP contribution in [0.2, 0.25) is 0 Å². The van der Waals surface area contributed by atoms with E-state index in [2.05, 4.69) is 21.4 Å². The van der Waals surface area contributed by atoms with E-state index >= 15 is 0 Å². The number of carbonyl (C=O) groups is 1. The molecule has 8 heteroatoms. The van der Waals surface area contributed by atoms with E-state index in [1.807, 2.05) is 36.4 Å². The van der Waals surface area contributed by atoms with Gasteiger partial charge in [-0.1, -0.05) is 18.2 Å². The van der Waals surface area contributed by atoms with Gasteiger partial charge in [-0.05, 0) is 36.2 Å². The first-order chi connectivity index (χ1) is 13.7. The summed E-state index contributed by atoms with van der Waals surface area (Å²) in [7, 11) is 4.76. The monoisotopic (exact) mass is 384 g/mol. The van der Waals surface area contributed by atoms with Crippen LogP contribution in [0.5, 0.6) is 17.2 Å². The van der Waals surface area contributed by atoms with Crippen molar-refractivity contribution in [3.63, 3.8) is 0 Å². The summed E-state index contributed by atoms with van der Waals surface area (Å²) in [6.45, 7) is 0. The van der Waals surface area contributed by atoms with Crippen LogP contribution >= 0.6 is 0 Å². The molecule has 28 heavy (non-hydrogen) atoms. The number of amides is 1. The number of hydrazone groups is 1. The number of hydrogen-bond acceptors (Lipinski definition) is 7. The normalized spacial score (nSPS) is 18.8. The SMILES string of the molecule is COc1ccc(C2CC(C(=O)N/N=C/c3cccc(OC)c3OC)NN2)cc1. The minimum Gasteiger partial charge on any atom is -0.497 e. The molecule has 3 rings (SSSR count). The summed E-state index contributed by atoms with van der Waals surface area (Å²) in [5, 5.41) is 4.05. The Morgan fingerprint density at radius 1 is 1.07 bits per heavy atom. The van der Waals surface area contributed by atoms with Gasteiger partial charge in [-0.15, -0.1) is 0 Å². The molecular formula is C20H24N4O4. The van der Waals surface area contributed by atoms with Gasteiger partial charge in [0.05, 0.1) is 27.5 Å². The quantitative estimate of drug-likeness (QED) is 0.498. The largest absolute Gasteiger partial charge is 0.497 e. The van der Waals surface area contributed by atoms with Gasteiger partial charge in [0, 0.05) is 11.6 Å². The molecule has 1 saturated heterocycles. The maximum atomic E-state index is 12.4. The van der Waals surface area contributed by atoms with Crippen LogP contribution in [0.15, 0.2) is 47.6 Å². The lowest BCUT2D eigenvalue weighted by Crippen LogP contribution is -2.41. The number of carbonyl (C=O) groups excluding carboxylic acids is 1. The van der Waals surface area contributed by atoms with Crippen LogP contribution in [0.3, 0.4) is 0 Å². The molecule has 1 aliphatic rings. The zero-order valence-corrected chi connectivity index (χ0v) is 16.1. The number of ether oxygens (including phenoxy) is 3. The molecule has 1 heterocycles. The molecule has 1 amide bonds. The number of nitrogens with zero attached hydrogens (tertiary/aromatic N) is 1. The van der Waals surface area contributed by atoms with Crippen molar-refractivity contribution in [2.75, 3.05) is 21.3 Å². The molecule has 0 saturated carbocycles. The molecule has 3 N–H and O–H groups in total. The molecule has 148 valence electrons. The highest BCUT2D eigenvalue weighted by atomic mass is 16.5. The van der Waals surface area contributed by atoms with Crippen molar-refractivity contribution in [3.05, 3.63) is 53.6 Å². The van der Waals surface area contributed by atoms with Gasteiger partial charge >= 0.3 is 0 Å². The molecule has 0 spiro atoms. The standard InChI is InChI=1S/C20H24N4O4/c1-26-15-9-7-13(8-10-15)16-11-17(23-22-16)20(25)24-21-12-14-5-4-6-18(27-2)19(14)28-3/h4-10,12,16-17,22-23H,11H2,1-3H3,(H,24,25)/b21-12+. The molecule has 0 bridgehead atoms. The van der Waals surface area contributed by atoms with Crippen LogP contribution in [0.4, 0.5) is 0 Å². The van der Waals surface area contributed by atoms with Crippen molar-refractivity contribution >= 4 is 12.1 Å². The lowest BCUT2D eigenvalue weighted by atomic mass is 10.0. The van der Waals surface area contributed by atoms with Gasteiger partial charge in [0.25, 0.3) is 5.91 Å². The smallest absolute Gasteiger partial charge is 0.258 e. The Morgan fingerprint density at radius 3 is 2.54 bits per heavy atom. The Bertz CT molecular complexity index is 839. The van der Waals surface area contributed by atoms with E-state index in [0.717, 1.165) is 11.3 Å². The zero-order valence-electron chi connectivity index (χ0n) is 16.1. The summed E-state index contributed by atoms with van der Waals surface area (Å²) in [4.78, 5) is 12.4. The van der Waals surface area contributed by atoms with Gasteiger partial charge in [0.1, 0.15) is 11.8 Å². The Labute approximate surface area is 163 Å². The Morgan fingerprint density at radius 2 is 1.86 bits per heavy atom. The van der Waals surface area contributed by atoms with Gasteiger partial charge in [-0.2, -0.15) is 5.10 Å². The Balaban J connectivity index is 1.58. The van der Waals surface area contributed by atoms with Crippen LogP contribution < -0.4 is 30.5 Å². The Hall–Kier alpha value is -3.10. The van der Waals surface area contributed by atoms with Crippen molar-refractivity contribution < 1.29 is 19.0 Å². The summed E-state index contributed by atoms with van der Waals surface area (Å²) in [5.74, 6) is 1.73. The second-order valence-corrected chi connectivity index (χ2v) is 6.22. The Kier molecular flexibility index (Phi) is 6.46. The molecule has 0 aliphatic carbocycles. The minimum absolute atomic E-state index is 0.0316. The molecule has 8 nitrogen and oxygen atoms in total. The van der Waals surface area contributed by atoms with Crippen molar-refractivity contribution in [1.29, 1.82) is 0 Å². The molecular weight excluding hydrogens is 360 g/mol. The second kappa shape index (κ2) is 9.20. The van der Waals surface area contributed by atoms with Crippen LogP contribution in [0.25, 0.3) is 0 Å². The number of methoxy groups -OCH3 is 3. The van der Waals surface area contributed by atoms with Crippen LogP contribution in [0.1, 0.15) is 23.6 Å². The van der Waals surface area contributed by atoms with Crippen molar-refractivity contribution in [3.8, 4) is 17.2 Å². The number of nitrogens with one attached hydrogen (secondary N) is 3. The first kappa shape index (κ1) is 19.7. The highest BCUT2D eigenvalue weighted by Crippen LogP contribution is 2.29. The van der Waals surface area contributed by atoms with E-state index in [9.17, 15) is 4.79 Å². The molecule has 2 unspecified atom stereocenters. The molecule has 0 aromatic heterocycles. The third kappa shape index (κ3) is 4.41. The molecule has 2 aromatic carbocycles. The average Bonchev–Trinajstić information content (AvgIpc) is 3.24. The van der Waals surface area contributed by atoms with Gasteiger partial charge < -0.3 is 14.2 Å². The molecule has 2 aromatic rings. The fourth-order valence-electron chi connectivity index (χ4n) is 3.04. The summed E-state index contributed by atoms with van der Waals surface area (Å²) < 4.78 is 15.8. The van der Waals surface area contributed by atoms with Crippen LogP contribution in [-0.4, -0.2) is 39.5 Å². The van der Waals surface area contributed by atoms with Gasteiger partial charge in [-0.3, -0.25) is 4.79 Å². The van der Waals surface area contributed by atoms with E-state index in [-0.39, 0.29) is 11.9 Å². The number of rotatable bonds is 7. The third-order valence-electron chi connectivity index (χ3n) is 4.55. The first-order valence-electron chi connectivity index (χ1n) is 8.85. The second-order valence-electron chi connectivity index (χ2n) is 6.22. The highest BCUT2D eigenvalue weighted by Gasteiger charge is 2.30. The molecule has 2 atom stereocenters. The first-order valence-corrected chi connectivity index (χ1v) is 8.85. The predicted octanol–water partition coefficient (Wildman–Crippen LogP) is 1.77. The topological polar surface area (TPSA) is 93.2 Å². The van der Waals surface area contributed by atoms with Crippen LogP contribution in [-0.2, 0) is 4.79 Å². The zero-order chi connectivity index (χ0) is 19.9. The fraction of sp³-hybridized carbons (Fsp3) is 0.300. The minimum atomic E-state index is -0.392. The lowest BCUT2D eigenvalue weighted by molar-refractivity contribution is -0.122. The lowest BCUT2D eigenvalue weighted by Gasteiger charge is -2.10. The summed E-state index contributed by atoms with van der Waals surface area (Å²) in [6.07, 6.45) is 2.14. The number of para-hydroxylation sites is 1. The summed E-state index contributed by atoms with van der Waals surface area (Å²) >= 11 is 0. The summed E-state index contributed by atoms with van der Waals surface area (Å²) in [5.41, 5.74) is 10.5. The van der Waals surface area contributed by atoms with Crippen molar-refractivity contribution in [1.82, 2.24) is 16.3 Å². The van der Waals surface area contributed by atoms with Gasteiger partial charge in [0.15, 0.2) is 11.5 Å². The fourth-order valence-corrected chi connectivity index (χ4v) is 3.04.